The molecular weight excluding hydrogens is 195 g/mol. The van der Waals surface area contributed by atoms with Crippen molar-refractivity contribution in [1.82, 2.24) is 0 Å². The van der Waals surface area contributed by atoms with Crippen LogP contribution >= 0.6 is 7.82 Å². The van der Waals surface area contributed by atoms with Crippen molar-refractivity contribution in [3.05, 3.63) is 12.7 Å². The minimum absolute atomic E-state index is 0.121. The van der Waals surface area contributed by atoms with Crippen molar-refractivity contribution in [3.63, 3.8) is 0 Å². The van der Waals surface area contributed by atoms with Crippen molar-refractivity contribution in [2.24, 2.45) is 0 Å². The molecule has 5 nitrogen and oxygen atoms in total. The third kappa shape index (κ3) is 24.5. The van der Waals surface area contributed by atoms with Crippen LogP contribution in [0, 0.1) is 0 Å². The van der Waals surface area contributed by atoms with Gasteiger partial charge in [-0.05, 0) is 13.8 Å². The highest BCUT2D eigenvalue weighted by atomic mass is 31.2. The molecule has 2 N–H and O–H groups in total. The fourth-order valence-corrected chi connectivity index (χ4v) is 0.654. The zero-order valence-corrected chi connectivity index (χ0v) is 8.87. The standard InChI is InChI=1S/C4H10O.C3H7O4P/c1-3-5-4-2;1-2-3-7-8(4,5)6/h3-4H2,1-2H3;2H,1,3H2,(H2,4,5,6). The Bertz CT molecular complexity index is 151. The Kier molecular flexibility index (Phi) is 11.6. The molecule has 13 heavy (non-hydrogen) atoms. The number of rotatable bonds is 5. The summed E-state index contributed by atoms with van der Waals surface area (Å²) >= 11 is 0. The Morgan fingerprint density at radius 3 is 1.92 bits per heavy atom. The quantitative estimate of drug-likeness (QED) is 0.531. The van der Waals surface area contributed by atoms with E-state index in [0.717, 1.165) is 13.2 Å². The highest BCUT2D eigenvalue weighted by molar-refractivity contribution is 7.46. The maximum absolute atomic E-state index is 9.81. The van der Waals surface area contributed by atoms with Gasteiger partial charge >= 0.3 is 7.82 Å². The molecule has 0 amide bonds. The molecule has 0 atom stereocenters. The van der Waals surface area contributed by atoms with E-state index in [2.05, 4.69) is 11.1 Å². The van der Waals surface area contributed by atoms with E-state index >= 15 is 0 Å². The van der Waals surface area contributed by atoms with Crippen molar-refractivity contribution >= 4 is 7.82 Å². The van der Waals surface area contributed by atoms with Crippen LogP contribution in [0.15, 0.2) is 12.7 Å². The van der Waals surface area contributed by atoms with Crippen LogP contribution in [0.25, 0.3) is 0 Å². The molecule has 0 aliphatic carbocycles. The van der Waals surface area contributed by atoms with Crippen molar-refractivity contribution in [2.75, 3.05) is 19.8 Å². The van der Waals surface area contributed by atoms with Crippen LogP contribution in [0.4, 0.5) is 0 Å². The summed E-state index contributed by atoms with van der Waals surface area (Å²) in [4.78, 5) is 16.0. The van der Waals surface area contributed by atoms with E-state index in [0.29, 0.717) is 0 Å². The SMILES string of the molecule is C=CCOP(=O)(O)O.CCOCC. The molecule has 0 aromatic rings. The highest BCUT2D eigenvalue weighted by Gasteiger charge is 2.10. The summed E-state index contributed by atoms with van der Waals surface area (Å²) in [6, 6.07) is 0. The maximum Gasteiger partial charge on any atom is 0.469 e. The summed E-state index contributed by atoms with van der Waals surface area (Å²) < 4.78 is 18.6. The molecule has 0 aromatic heterocycles. The molecule has 0 rings (SSSR count). The first-order valence-electron chi connectivity index (χ1n) is 3.86. The Balaban J connectivity index is 0. The Morgan fingerprint density at radius 1 is 1.38 bits per heavy atom. The molecule has 0 aliphatic heterocycles. The largest absolute Gasteiger partial charge is 0.469 e. The van der Waals surface area contributed by atoms with Crippen molar-refractivity contribution in [3.8, 4) is 0 Å². The summed E-state index contributed by atoms with van der Waals surface area (Å²) in [6.45, 7) is 8.74. The van der Waals surface area contributed by atoms with E-state index in [9.17, 15) is 4.57 Å². The molecule has 0 spiro atoms. The lowest BCUT2D eigenvalue weighted by Crippen LogP contribution is -1.86. The molecule has 0 saturated carbocycles. The minimum Gasteiger partial charge on any atom is -0.382 e. The smallest absolute Gasteiger partial charge is 0.382 e. The predicted octanol–water partition coefficient (Wildman–Crippen LogP) is 1.32. The lowest BCUT2D eigenvalue weighted by molar-refractivity contribution is 0.162. The fourth-order valence-electron chi connectivity index (χ4n) is 0.354. The highest BCUT2D eigenvalue weighted by Crippen LogP contribution is 2.35. The first-order chi connectivity index (χ1) is 5.97. The maximum atomic E-state index is 9.81. The van der Waals surface area contributed by atoms with Crippen LogP contribution in [0.3, 0.4) is 0 Å². The van der Waals surface area contributed by atoms with Gasteiger partial charge in [0.1, 0.15) is 0 Å². The van der Waals surface area contributed by atoms with Gasteiger partial charge in [0, 0.05) is 13.2 Å². The lowest BCUT2D eigenvalue weighted by Gasteiger charge is -1.98. The van der Waals surface area contributed by atoms with Gasteiger partial charge in [-0.3, -0.25) is 4.52 Å². The third-order valence-corrected chi connectivity index (χ3v) is 1.25. The van der Waals surface area contributed by atoms with Gasteiger partial charge in [0.2, 0.25) is 0 Å². The van der Waals surface area contributed by atoms with Gasteiger partial charge in [0.25, 0.3) is 0 Å². The average Bonchev–Trinajstić information content (AvgIpc) is 2.02. The molecule has 0 fully saturated rings. The number of phosphoric ester groups is 1. The van der Waals surface area contributed by atoms with Crippen molar-refractivity contribution in [2.45, 2.75) is 13.8 Å². The second-order valence-corrected chi connectivity index (χ2v) is 3.10. The molecule has 0 bridgehead atoms. The van der Waals surface area contributed by atoms with E-state index in [1.165, 1.54) is 6.08 Å². The van der Waals surface area contributed by atoms with Crippen LogP contribution < -0.4 is 0 Å². The van der Waals surface area contributed by atoms with Gasteiger partial charge in [-0.1, -0.05) is 6.08 Å². The third-order valence-electron chi connectivity index (χ3n) is 0.769. The molecule has 0 aliphatic rings. The molecule has 0 saturated heterocycles. The van der Waals surface area contributed by atoms with Gasteiger partial charge in [-0.15, -0.1) is 6.58 Å². The molecule has 0 aromatic carbocycles. The van der Waals surface area contributed by atoms with E-state index < -0.39 is 7.82 Å². The molecule has 0 heterocycles. The molecule has 80 valence electrons. The summed E-state index contributed by atoms with van der Waals surface area (Å²) in [7, 11) is -4.25. The minimum atomic E-state index is -4.25. The summed E-state index contributed by atoms with van der Waals surface area (Å²) in [5, 5.41) is 0. The number of ether oxygens (including phenoxy) is 1. The first kappa shape index (κ1) is 15.3. The second-order valence-electron chi connectivity index (χ2n) is 1.86. The lowest BCUT2D eigenvalue weighted by atomic mass is 10.7. The van der Waals surface area contributed by atoms with Gasteiger partial charge in [-0.2, -0.15) is 0 Å². The van der Waals surface area contributed by atoms with Crippen molar-refractivity contribution < 1.29 is 23.6 Å². The van der Waals surface area contributed by atoms with Crippen LogP contribution in [0.5, 0.6) is 0 Å². The number of hydrogen-bond acceptors (Lipinski definition) is 3. The fraction of sp³-hybridized carbons (Fsp3) is 0.714. The first-order valence-corrected chi connectivity index (χ1v) is 5.39. The molecule has 0 unspecified atom stereocenters. The zero-order chi connectivity index (χ0) is 10.7. The molecular formula is C7H17O5P. The van der Waals surface area contributed by atoms with Crippen LogP contribution in [0.1, 0.15) is 13.8 Å². The Hall–Kier alpha value is -0.190. The van der Waals surface area contributed by atoms with E-state index in [4.69, 9.17) is 14.5 Å². The van der Waals surface area contributed by atoms with Gasteiger partial charge in [-0.25, -0.2) is 4.57 Å². The zero-order valence-electron chi connectivity index (χ0n) is 7.97. The van der Waals surface area contributed by atoms with Crippen LogP contribution in [0.2, 0.25) is 0 Å². The summed E-state index contributed by atoms with van der Waals surface area (Å²) in [6.07, 6.45) is 1.26. The molecule has 6 heteroatoms. The van der Waals surface area contributed by atoms with Crippen LogP contribution in [-0.2, 0) is 13.8 Å². The summed E-state index contributed by atoms with van der Waals surface area (Å²) in [5.74, 6) is 0. The van der Waals surface area contributed by atoms with E-state index in [-0.39, 0.29) is 6.61 Å². The average molecular weight is 212 g/mol. The Morgan fingerprint density at radius 2 is 1.85 bits per heavy atom. The second kappa shape index (κ2) is 9.89. The molecule has 0 radical (unpaired) electrons. The van der Waals surface area contributed by atoms with Crippen LogP contribution in [-0.4, -0.2) is 29.6 Å². The van der Waals surface area contributed by atoms with E-state index in [1.54, 1.807) is 0 Å². The topological polar surface area (TPSA) is 76.0 Å². The van der Waals surface area contributed by atoms with Gasteiger partial charge < -0.3 is 14.5 Å². The van der Waals surface area contributed by atoms with Crippen molar-refractivity contribution in [1.29, 1.82) is 0 Å². The normalized spacial score (nSPS) is 10.2. The number of phosphoric acid groups is 1. The monoisotopic (exact) mass is 212 g/mol. The number of hydrogen-bond donors (Lipinski definition) is 2. The van der Waals surface area contributed by atoms with E-state index in [1.807, 2.05) is 13.8 Å². The Labute approximate surface area is 78.6 Å². The summed E-state index contributed by atoms with van der Waals surface area (Å²) in [5.41, 5.74) is 0. The van der Waals surface area contributed by atoms with Gasteiger partial charge in [0.15, 0.2) is 0 Å². The predicted molar refractivity (Wildman–Crippen MR) is 50.4 cm³/mol. The van der Waals surface area contributed by atoms with Gasteiger partial charge in [0.05, 0.1) is 6.61 Å².